The van der Waals surface area contributed by atoms with Gasteiger partial charge in [-0.05, 0) is 31.7 Å². The predicted octanol–water partition coefficient (Wildman–Crippen LogP) is 0.558. The third-order valence-corrected chi connectivity index (χ3v) is 5.40. The van der Waals surface area contributed by atoms with Gasteiger partial charge in [0.2, 0.25) is 15.9 Å². The standard InChI is InChI=1S/C11H16N2O5S2/c1-4-12-10(14)7(3)13-20(17,18)9-6(2)5-19-8(9)11(15)16/h5,7,13H,4H2,1-3H3,(H,12,14)(H,15,16). The first-order valence-corrected chi connectivity index (χ1v) is 8.18. The summed E-state index contributed by atoms with van der Waals surface area (Å²) >= 11 is 0.838. The van der Waals surface area contributed by atoms with E-state index in [0.717, 1.165) is 11.3 Å². The monoisotopic (exact) mass is 320 g/mol. The summed E-state index contributed by atoms with van der Waals surface area (Å²) < 4.78 is 26.6. The lowest BCUT2D eigenvalue weighted by Gasteiger charge is -2.14. The first-order valence-electron chi connectivity index (χ1n) is 5.82. The Morgan fingerprint density at radius 3 is 2.55 bits per heavy atom. The molecule has 1 aromatic rings. The van der Waals surface area contributed by atoms with Gasteiger partial charge in [-0.3, -0.25) is 4.79 Å². The Morgan fingerprint density at radius 1 is 1.45 bits per heavy atom. The molecule has 9 heteroatoms. The number of carbonyl (C=O) groups is 2. The topological polar surface area (TPSA) is 113 Å². The van der Waals surface area contributed by atoms with Crippen LogP contribution in [0.5, 0.6) is 0 Å². The van der Waals surface area contributed by atoms with Crippen LogP contribution in [0.3, 0.4) is 0 Å². The summed E-state index contributed by atoms with van der Waals surface area (Å²) in [6.07, 6.45) is 0. The lowest BCUT2D eigenvalue weighted by molar-refractivity contribution is -0.122. The first-order chi connectivity index (χ1) is 9.20. The second-order valence-electron chi connectivity index (χ2n) is 4.12. The van der Waals surface area contributed by atoms with E-state index in [0.29, 0.717) is 12.1 Å². The Balaban J connectivity index is 3.09. The second kappa shape index (κ2) is 6.33. The zero-order chi connectivity index (χ0) is 15.5. The van der Waals surface area contributed by atoms with Gasteiger partial charge in [0.25, 0.3) is 0 Å². The van der Waals surface area contributed by atoms with Crippen LogP contribution >= 0.6 is 11.3 Å². The molecule has 0 fully saturated rings. The molecule has 0 aliphatic rings. The van der Waals surface area contributed by atoms with Crippen molar-refractivity contribution < 1.29 is 23.1 Å². The molecule has 1 unspecified atom stereocenters. The number of aromatic carboxylic acids is 1. The SMILES string of the molecule is CCNC(=O)C(C)NS(=O)(=O)c1c(C)csc1C(=O)O. The van der Waals surface area contributed by atoms with Crippen LogP contribution in [0.1, 0.15) is 29.1 Å². The number of amides is 1. The molecule has 3 N–H and O–H groups in total. The van der Waals surface area contributed by atoms with Gasteiger partial charge >= 0.3 is 5.97 Å². The lowest BCUT2D eigenvalue weighted by Crippen LogP contribution is -2.44. The van der Waals surface area contributed by atoms with Gasteiger partial charge in [0.05, 0.1) is 6.04 Å². The first kappa shape index (κ1) is 16.6. The van der Waals surface area contributed by atoms with Crippen LogP contribution in [-0.4, -0.2) is 38.0 Å². The van der Waals surface area contributed by atoms with Gasteiger partial charge in [0.15, 0.2) is 0 Å². The second-order valence-corrected chi connectivity index (χ2v) is 6.65. The van der Waals surface area contributed by atoms with Crippen molar-refractivity contribution in [1.29, 1.82) is 0 Å². The molecule has 0 aliphatic carbocycles. The highest BCUT2D eigenvalue weighted by Gasteiger charge is 2.29. The third kappa shape index (κ3) is 3.56. The number of rotatable bonds is 6. The molecule has 0 saturated heterocycles. The Hall–Kier alpha value is -1.45. The molecule has 0 aliphatic heterocycles. The number of nitrogens with one attached hydrogen (secondary N) is 2. The molecule has 20 heavy (non-hydrogen) atoms. The Morgan fingerprint density at radius 2 is 2.05 bits per heavy atom. The Kier molecular flexibility index (Phi) is 5.26. The van der Waals surface area contributed by atoms with Crippen molar-refractivity contribution >= 4 is 33.2 Å². The summed E-state index contributed by atoms with van der Waals surface area (Å²) in [5, 5.41) is 12.9. The van der Waals surface area contributed by atoms with E-state index >= 15 is 0 Å². The molecule has 0 spiro atoms. The van der Waals surface area contributed by atoms with Gasteiger partial charge in [-0.1, -0.05) is 0 Å². The van der Waals surface area contributed by atoms with Crippen LogP contribution in [0, 0.1) is 6.92 Å². The highest BCUT2D eigenvalue weighted by atomic mass is 32.2. The van der Waals surface area contributed by atoms with Crippen molar-refractivity contribution in [3.05, 3.63) is 15.8 Å². The summed E-state index contributed by atoms with van der Waals surface area (Å²) in [4.78, 5) is 22.0. The summed E-state index contributed by atoms with van der Waals surface area (Å²) in [7, 11) is -4.07. The maximum Gasteiger partial charge on any atom is 0.347 e. The molecule has 1 heterocycles. The van der Waals surface area contributed by atoms with Gasteiger partial charge in [-0.2, -0.15) is 4.72 Å². The number of carbonyl (C=O) groups excluding carboxylic acids is 1. The Labute approximate surface area is 121 Å². The quantitative estimate of drug-likeness (QED) is 0.709. The van der Waals surface area contributed by atoms with Crippen LogP contribution in [0.2, 0.25) is 0 Å². The van der Waals surface area contributed by atoms with E-state index in [1.165, 1.54) is 19.2 Å². The van der Waals surface area contributed by atoms with E-state index in [1.807, 2.05) is 0 Å². The molecule has 0 saturated carbocycles. The largest absolute Gasteiger partial charge is 0.477 e. The summed E-state index contributed by atoms with van der Waals surface area (Å²) in [5.41, 5.74) is 0.336. The fourth-order valence-electron chi connectivity index (χ4n) is 1.59. The highest BCUT2D eigenvalue weighted by Crippen LogP contribution is 2.26. The van der Waals surface area contributed by atoms with Crippen molar-refractivity contribution in [2.45, 2.75) is 31.7 Å². The average molecular weight is 320 g/mol. The Bertz CT molecular complexity index is 621. The van der Waals surface area contributed by atoms with E-state index in [1.54, 1.807) is 6.92 Å². The lowest BCUT2D eigenvalue weighted by atomic mass is 10.3. The molecule has 0 bridgehead atoms. The van der Waals surface area contributed by atoms with Crippen molar-refractivity contribution in [3.8, 4) is 0 Å². The van der Waals surface area contributed by atoms with Gasteiger partial charge in [0.1, 0.15) is 9.77 Å². The van der Waals surface area contributed by atoms with Crippen LogP contribution < -0.4 is 10.0 Å². The van der Waals surface area contributed by atoms with Gasteiger partial charge in [-0.15, -0.1) is 11.3 Å². The molecule has 0 radical (unpaired) electrons. The highest BCUT2D eigenvalue weighted by molar-refractivity contribution is 7.89. The van der Waals surface area contributed by atoms with Crippen molar-refractivity contribution in [2.24, 2.45) is 0 Å². The molecule has 1 aromatic heterocycles. The molecule has 1 atom stereocenters. The molecular weight excluding hydrogens is 304 g/mol. The van der Waals surface area contributed by atoms with E-state index < -0.39 is 27.9 Å². The minimum atomic E-state index is -4.07. The molecular formula is C11H16N2O5S2. The number of hydrogen-bond acceptors (Lipinski definition) is 5. The minimum absolute atomic E-state index is 0.266. The predicted molar refractivity (Wildman–Crippen MR) is 74.5 cm³/mol. The summed E-state index contributed by atoms with van der Waals surface area (Å²) in [5.74, 6) is -1.78. The number of likely N-dealkylation sites (N-methyl/N-ethyl adjacent to an activating group) is 1. The zero-order valence-electron chi connectivity index (χ0n) is 11.3. The van der Waals surface area contributed by atoms with Crippen molar-refractivity contribution in [1.82, 2.24) is 10.0 Å². The van der Waals surface area contributed by atoms with Crippen LogP contribution in [0.25, 0.3) is 0 Å². The van der Waals surface area contributed by atoms with Gasteiger partial charge < -0.3 is 10.4 Å². The van der Waals surface area contributed by atoms with Crippen LogP contribution in [0.15, 0.2) is 10.3 Å². The number of carboxylic acid groups (broad SMARTS) is 1. The number of aryl methyl sites for hydroxylation is 1. The third-order valence-electron chi connectivity index (χ3n) is 2.46. The normalized spacial score (nSPS) is 12.9. The average Bonchev–Trinajstić information content (AvgIpc) is 2.71. The number of carboxylic acids is 1. The van der Waals surface area contributed by atoms with Crippen LogP contribution in [-0.2, 0) is 14.8 Å². The summed E-state index contributed by atoms with van der Waals surface area (Å²) in [6, 6.07) is -0.985. The number of thiophene rings is 1. The smallest absolute Gasteiger partial charge is 0.347 e. The van der Waals surface area contributed by atoms with E-state index in [9.17, 15) is 18.0 Å². The molecule has 112 valence electrons. The molecule has 7 nitrogen and oxygen atoms in total. The fraction of sp³-hybridized carbons (Fsp3) is 0.455. The van der Waals surface area contributed by atoms with E-state index in [2.05, 4.69) is 10.0 Å². The molecule has 1 amide bonds. The maximum atomic E-state index is 12.2. The van der Waals surface area contributed by atoms with E-state index in [-0.39, 0.29) is 9.77 Å². The van der Waals surface area contributed by atoms with Crippen LogP contribution in [0.4, 0.5) is 0 Å². The summed E-state index contributed by atoms with van der Waals surface area (Å²) in [6.45, 7) is 4.99. The minimum Gasteiger partial charge on any atom is -0.477 e. The van der Waals surface area contributed by atoms with E-state index in [4.69, 9.17) is 5.11 Å². The van der Waals surface area contributed by atoms with Crippen molar-refractivity contribution in [3.63, 3.8) is 0 Å². The molecule has 1 rings (SSSR count). The van der Waals surface area contributed by atoms with Gasteiger partial charge in [-0.25, -0.2) is 13.2 Å². The number of sulfonamides is 1. The van der Waals surface area contributed by atoms with Crippen molar-refractivity contribution in [2.75, 3.05) is 6.54 Å². The fourth-order valence-corrected chi connectivity index (χ4v) is 4.42. The number of hydrogen-bond donors (Lipinski definition) is 3. The zero-order valence-corrected chi connectivity index (χ0v) is 12.9. The molecule has 0 aromatic carbocycles. The van der Waals surface area contributed by atoms with Gasteiger partial charge in [0, 0.05) is 6.54 Å². The maximum absolute atomic E-state index is 12.2.